The van der Waals surface area contributed by atoms with Crippen molar-refractivity contribution in [1.82, 2.24) is 0 Å². The zero-order chi connectivity index (χ0) is 27.1. The quantitative estimate of drug-likeness (QED) is 0.105. The molecule has 4 rings (SSSR count). The van der Waals surface area contributed by atoms with Crippen molar-refractivity contribution < 1.29 is 31.2 Å². The molecule has 0 amide bonds. The van der Waals surface area contributed by atoms with Crippen LogP contribution in [0.3, 0.4) is 0 Å². The van der Waals surface area contributed by atoms with Gasteiger partial charge in [0.2, 0.25) is 0 Å². The molecule has 38 heavy (non-hydrogen) atoms. The molecule has 0 fully saturated rings. The number of hydrogen-bond donors (Lipinski definition) is 1. The second-order valence-electron chi connectivity index (χ2n) is 7.82. The molecule has 0 saturated carbocycles. The number of aromatic hydroxyl groups is 1. The van der Waals surface area contributed by atoms with Crippen LogP contribution < -0.4 is 8.92 Å². The van der Waals surface area contributed by atoms with Crippen LogP contribution in [0.25, 0.3) is 0 Å². The number of phenols is 1. The fourth-order valence-electron chi connectivity index (χ4n) is 3.24. The van der Waals surface area contributed by atoms with Crippen molar-refractivity contribution in [3.63, 3.8) is 0 Å². The van der Waals surface area contributed by atoms with Gasteiger partial charge >= 0.3 is 10.1 Å². The van der Waals surface area contributed by atoms with Crippen molar-refractivity contribution in [3.05, 3.63) is 109 Å². The Morgan fingerprint density at radius 3 is 2.00 bits per heavy atom. The molecule has 1 unspecified atom stereocenters. The van der Waals surface area contributed by atoms with Crippen LogP contribution >= 0.6 is 0 Å². The van der Waals surface area contributed by atoms with Gasteiger partial charge in [-0.2, -0.15) is 18.6 Å². The minimum Gasteiger partial charge on any atom is -0.768 e. The molecule has 4 aromatic carbocycles. The summed E-state index contributed by atoms with van der Waals surface area (Å²) in [4.78, 5) is 0.0515. The van der Waals surface area contributed by atoms with Gasteiger partial charge in [0.25, 0.3) is 0 Å². The van der Waals surface area contributed by atoms with Gasteiger partial charge in [-0.05, 0) is 114 Å². The second-order valence-corrected chi connectivity index (χ2v) is 10.3. The van der Waals surface area contributed by atoms with Crippen LogP contribution in [-0.4, -0.2) is 22.3 Å². The molecule has 0 aliphatic heterocycles. The SMILES string of the molecule is C=CCc1cc(N=Nc2ccc(OS(=O)(=O)c3ccc(Oc4ccc(S(=O)[O-])cc4)cc3)cc2)ccc1O. The van der Waals surface area contributed by atoms with Crippen molar-refractivity contribution in [3.8, 4) is 23.0 Å². The number of phenolic OH excluding ortho intramolecular Hbond substituents is 1. The lowest BCUT2D eigenvalue weighted by Crippen LogP contribution is -2.09. The van der Waals surface area contributed by atoms with E-state index in [2.05, 4.69) is 16.8 Å². The van der Waals surface area contributed by atoms with E-state index in [1.807, 2.05) is 0 Å². The van der Waals surface area contributed by atoms with Gasteiger partial charge in [-0.1, -0.05) is 6.08 Å². The lowest BCUT2D eigenvalue weighted by atomic mass is 10.1. The molecule has 0 aliphatic carbocycles. The molecule has 9 nitrogen and oxygen atoms in total. The van der Waals surface area contributed by atoms with Gasteiger partial charge in [0.1, 0.15) is 27.9 Å². The summed E-state index contributed by atoms with van der Waals surface area (Å²) >= 11 is -2.33. The predicted molar refractivity (Wildman–Crippen MR) is 141 cm³/mol. The van der Waals surface area contributed by atoms with E-state index < -0.39 is 21.2 Å². The van der Waals surface area contributed by atoms with Crippen LogP contribution in [0.15, 0.2) is 124 Å². The smallest absolute Gasteiger partial charge is 0.339 e. The number of ether oxygens (including phenoxy) is 1. The van der Waals surface area contributed by atoms with Gasteiger partial charge in [-0.25, -0.2) is 0 Å². The zero-order valence-electron chi connectivity index (χ0n) is 19.8. The van der Waals surface area contributed by atoms with Gasteiger partial charge in [0.15, 0.2) is 0 Å². The lowest BCUT2D eigenvalue weighted by Gasteiger charge is -2.10. The third-order valence-electron chi connectivity index (χ3n) is 5.12. The maximum absolute atomic E-state index is 12.7. The maximum atomic E-state index is 12.7. The molecular weight excluding hydrogens is 528 g/mol. The van der Waals surface area contributed by atoms with Crippen LogP contribution in [0.4, 0.5) is 11.4 Å². The molecule has 0 spiro atoms. The first-order chi connectivity index (χ1) is 18.2. The Hall–Kier alpha value is -4.32. The van der Waals surface area contributed by atoms with Crippen molar-refractivity contribution in [2.75, 3.05) is 0 Å². The minimum atomic E-state index is -4.11. The Labute approximate surface area is 222 Å². The highest BCUT2D eigenvalue weighted by molar-refractivity contribution is 7.87. The second kappa shape index (κ2) is 11.8. The van der Waals surface area contributed by atoms with E-state index in [1.165, 1.54) is 66.7 Å². The van der Waals surface area contributed by atoms with Gasteiger partial charge in [0.05, 0.1) is 11.4 Å². The summed E-state index contributed by atoms with van der Waals surface area (Å²) in [6.07, 6.45) is 2.17. The summed E-state index contributed by atoms with van der Waals surface area (Å²) < 4.78 is 58.1. The molecule has 1 atom stereocenters. The standard InChI is InChI=1S/C27H22N2O7S2/c1-2-3-19-18-21(6-17-27(19)30)29-28-20-4-7-24(8-5-20)36-38(33,34)26-15-11-23(12-16-26)35-22-9-13-25(14-10-22)37(31)32/h2,4-18,30H,1,3H2,(H,31,32)/p-1. The summed E-state index contributed by atoms with van der Waals surface area (Å²) in [7, 11) is -4.11. The first-order valence-electron chi connectivity index (χ1n) is 11.1. The van der Waals surface area contributed by atoms with Crippen LogP contribution in [0.1, 0.15) is 5.56 Å². The normalized spacial score (nSPS) is 12.2. The molecule has 1 N–H and O–H groups in total. The van der Waals surface area contributed by atoms with Crippen molar-refractivity contribution in [2.24, 2.45) is 10.2 Å². The van der Waals surface area contributed by atoms with E-state index in [1.54, 1.807) is 30.3 Å². The average molecular weight is 550 g/mol. The lowest BCUT2D eigenvalue weighted by molar-refractivity contribution is 0.469. The summed E-state index contributed by atoms with van der Waals surface area (Å²) in [5.74, 6) is 1.00. The Bertz CT molecular complexity index is 1580. The highest BCUT2D eigenvalue weighted by Crippen LogP contribution is 2.28. The molecule has 0 aromatic heterocycles. The molecule has 0 bridgehead atoms. The van der Waals surface area contributed by atoms with Gasteiger partial charge in [0, 0.05) is 4.90 Å². The Kier molecular flexibility index (Phi) is 8.31. The number of rotatable bonds is 10. The molecule has 194 valence electrons. The van der Waals surface area contributed by atoms with Crippen molar-refractivity contribution in [2.45, 2.75) is 16.2 Å². The Morgan fingerprint density at radius 1 is 0.842 bits per heavy atom. The van der Waals surface area contributed by atoms with E-state index in [9.17, 15) is 22.3 Å². The fourth-order valence-corrected chi connectivity index (χ4v) is 4.53. The van der Waals surface area contributed by atoms with E-state index in [0.29, 0.717) is 34.9 Å². The summed E-state index contributed by atoms with van der Waals surface area (Å²) in [5, 5.41) is 18.1. The average Bonchev–Trinajstić information content (AvgIpc) is 2.90. The number of hydrogen-bond acceptors (Lipinski definition) is 9. The highest BCUT2D eigenvalue weighted by Gasteiger charge is 2.17. The van der Waals surface area contributed by atoms with Crippen LogP contribution in [0, 0.1) is 0 Å². The van der Waals surface area contributed by atoms with E-state index in [4.69, 9.17) is 8.92 Å². The predicted octanol–water partition coefficient (Wildman–Crippen LogP) is 6.33. The number of allylic oxidation sites excluding steroid dienone is 1. The molecule has 11 heteroatoms. The highest BCUT2D eigenvalue weighted by atomic mass is 32.2. The first kappa shape index (κ1) is 26.7. The number of azo groups is 1. The van der Waals surface area contributed by atoms with Gasteiger partial charge in [-0.15, -0.1) is 6.58 Å². The van der Waals surface area contributed by atoms with Crippen molar-refractivity contribution in [1.29, 1.82) is 0 Å². The number of benzene rings is 4. The molecule has 0 radical (unpaired) electrons. The molecule has 0 saturated heterocycles. The first-order valence-corrected chi connectivity index (χ1v) is 13.6. The maximum Gasteiger partial charge on any atom is 0.339 e. The molecule has 4 aromatic rings. The van der Waals surface area contributed by atoms with Crippen LogP contribution in [-0.2, 0) is 27.6 Å². The van der Waals surface area contributed by atoms with E-state index >= 15 is 0 Å². The summed E-state index contributed by atoms with van der Waals surface area (Å²) in [6, 6.07) is 22.3. The third-order valence-corrected chi connectivity index (χ3v) is 7.03. The monoisotopic (exact) mass is 549 g/mol. The number of nitrogens with zero attached hydrogens (tertiary/aromatic N) is 2. The molecular formula is C27H21N2O7S2-. The topological polar surface area (TPSA) is 138 Å². The third kappa shape index (κ3) is 6.91. The van der Waals surface area contributed by atoms with Crippen molar-refractivity contribution >= 4 is 32.6 Å². The zero-order valence-corrected chi connectivity index (χ0v) is 21.4. The van der Waals surface area contributed by atoms with Crippen LogP contribution in [0.5, 0.6) is 23.0 Å². The van der Waals surface area contributed by atoms with Gasteiger partial charge in [-0.3, -0.25) is 4.21 Å². The summed E-state index contributed by atoms with van der Waals surface area (Å²) in [6.45, 7) is 3.66. The largest absolute Gasteiger partial charge is 0.768 e. The molecule has 0 heterocycles. The summed E-state index contributed by atoms with van der Waals surface area (Å²) in [5.41, 5.74) is 1.70. The Balaban J connectivity index is 1.39. The van der Waals surface area contributed by atoms with E-state index in [-0.39, 0.29) is 21.3 Å². The fraction of sp³-hybridized carbons (Fsp3) is 0.0370. The minimum absolute atomic E-state index is 0.0756. The van der Waals surface area contributed by atoms with Gasteiger partial charge < -0.3 is 18.6 Å². The molecule has 0 aliphatic rings. The van der Waals surface area contributed by atoms with Crippen LogP contribution in [0.2, 0.25) is 0 Å². The Morgan fingerprint density at radius 2 is 1.39 bits per heavy atom. The van der Waals surface area contributed by atoms with E-state index in [0.717, 1.165) is 0 Å².